The van der Waals surface area contributed by atoms with Gasteiger partial charge in [0.15, 0.2) is 5.65 Å². The summed E-state index contributed by atoms with van der Waals surface area (Å²) in [6.07, 6.45) is 1.41. The summed E-state index contributed by atoms with van der Waals surface area (Å²) >= 11 is 0. The lowest BCUT2D eigenvalue weighted by atomic mass is 10.1. The Bertz CT molecular complexity index is 1660. The molecule has 0 aliphatic rings. The zero-order valence-corrected chi connectivity index (χ0v) is 18.9. The molecule has 1 amide bonds. The Kier molecular flexibility index (Phi) is 5.24. The maximum absolute atomic E-state index is 14.1. The van der Waals surface area contributed by atoms with E-state index < -0.39 is 28.7 Å². The first-order chi connectivity index (χ1) is 16.7. The number of rotatable bonds is 4. The molecule has 3 aromatic heterocycles. The van der Waals surface area contributed by atoms with Crippen LogP contribution in [-0.4, -0.2) is 35.4 Å². The summed E-state index contributed by atoms with van der Waals surface area (Å²) < 4.78 is 30.9. The number of carbonyl (C=O) groups is 1. The number of aryl methyl sites for hydroxylation is 3. The molecule has 0 aliphatic heterocycles. The van der Waals surface area contributed by atoms with Crippen molar-refractivity contribution in [2.45, 2.75) is 20.8 Å². The lowest BCUT2D eigenvalue weighted by molar-refractivity contribution is 0.101. The van der Waals surface area contributed by atoms with Gasteiger partial charge in [0, 0.05) is 6.07 Å². The molecule has 176 valence electrons. The molecular weight excluding hydrogens is 456 g/mol. The Balaban J connectivity index is 1.60. The molecule has 9 nitrogen and oxygen atoms in total. The Morgan fingerprint density at radius 1 is 1.00 bits per heavy atom. The fourth-order valence-corrected chi connectivity index (χ4v) is 3.70. The highest BCUT2D eigenvalue weighted by molar-refractivity contribution is 6.04. The number of aromatic amines is 1. The smallest absolute Gasteiger partial charge is 0.263 e. The van der Waals surface area contributed by atoms with E-state index in [0.717, 1.165) is 23.3 Å². The quantitative estimate of drug-likeness (QED) is 0.411. The standard InChI is InChI=1S/C24H19F2N7O2/c1-12-7-8-15(9-13(12)2)32-21-16(11-27-32)22(34)30-24(29-21)33-19(10-14(3)31-33)28-23(35)20-17(25)5-4-6-18(20)26/h4-11H,1-3H3,(H,28,35)(H,29,30,34). The molecule has 2 aromatic carbocycles. The molecule has 0 atom stereocenters. The molecule has 0 saturated carbocycles. The molecule has 5 rings (SSSR count). The summed E-state index contributed by atoms with van der Waals surface area (Å²) in [7, 11) is 0. The molecule has 0 radical (unpaired) electrons. The molecular formula is C24H19F2N7O2. The largest absolute Gasteiger partial charge is 0.306 e. The van der Waals surface area contributed by atoms with Gasteiger partial charge in [0.2, 0.25) is 5.95 Å². The molecule has 35 heavy (non-hydrogen) atoms. The predicted molar refractivity (Wildman–Crippen MR) is 125 cm³/mol. The third kappa shape index (κ3) is 3.86. The first-order valence-corrected chi connectivity index (χ1v) is 10.6. The van der Waals surface area contributed by atoms with Crippen LogP contribution in [0.5, 0.6) is 0 Å². The zero-order chi connectivity index (χ0) is 24.9. The van der Waals surface area contributed by atoms with Crippen LogP contribution in [0.1, 0.15) is 27.2 Å². The number of H-pyrrole nitrogens is 1. The van der Waals surface area contributed by atoms with Crippen molar-refractivity contribution in [3.8, 4) is 11.6 Å². The molecule has 0 saturated heterocycles. The van der Waals surface area contributed by atoms with Gasteiger partial charge >= 0.3 is 0 Å². The summed E-state index contributed by atoms with van der Waals surface area (Å²) in [6.45, 7) is 5.62. The van der Waals surface area contributed by atoms with E-state index in [0.29, 0.717) is 11.4 Å². The number of anilines is 1. The number of amides is 1. The second kappa shape index (κ2) is 8.28. The van der Waals surface area contributed by atoms with Crippen LogP contribution in [0.25, 0.3) is 22.7 Å². The minimum absolute atomic E-state index is 0.00881. The van der Waals surface area contributed by atoms with Crippen molar-refractivity contribution >= 4 is 22.8 Å². The molecule has 0 fully saturated rings. The van der Waals surface area contributed by atoms with E-state index in [2.05, 4.69) is 25.5 Å². The van der Waals surface area contributed by atoms with Crippen molar-refractivity contribution in [1.29, 1.82) is 0 Å². The van der Waals surface area contributed by atoms with Crippen LogP contribution in [0.2, 0.25) is 0 Å². The zero-order valence-electron chi connectivity index (χ0n) is 18.9. The minimum Gasteiger partial charge on any atom is -0.306 e. The van der Waals surface area contributed by atoms with Gasteiger partial charge in [-0.15, -0.1) is 0 Å². The summed E-state index contributed by atoms with van der Waals surface area (Å²) in [5.74, 6) is -2.96. The molecule has 0 unspecified atom stereocenters. The van der Waals surface area contributed by atoms with E-state index >= 15 is 0 Å². The number of nitrogens with zero attached hydrogens (tertiary/aromatic N) is 5. The average Bonchev–Trinajstić information content (AvgIpc) is 3.39. The number of aromatic nitrogens is 6. The Hall–Kier alpha value is -4.67. The third-order valence-corrected chi connectivity index (χ3v) is 5.62. The molecule has 0 spiro atoms. The van der Waals surface area contributed by atoms with Crippen LogP contribution in [0.4, 0.5) is 14.6 Å². The highest BCUT2D eigenvalue weighted by atomic mass is 19.1. The second-order valence-electron chi connectivity index (χ2n) is 8.09. The SMILES string of the molecule is Cc1cc(NC(=O)c2c(F)cccc2F)n(-c2nc3c(cnn3-c3ccc(C)c(C)c3)c(=O)[nH]2)n1. The van der Waals surface area contributed by atoms with Gasteiger partial charge in [-0.1, -0.05) is 12.1 Å². The van der Waals surface area contributed by atoms with Crippen LogP contribution >= 0.6 is 0 Å². The molecule has 3 heterocycles. The molecule has 0 aliphatic carbocycles. The minimum atomic E-state index is -1.01. The van der Waals surface area contributed by atoms with Crippen LogP contribution < -0.4 is 10.9 Å². The van der Waals surface area contributed by atoms with Crippen LogP contribution in [0.15, 0.2) is 53.5 Å². The van der Waals surface area contributed by atoms with Crippen molar-refractivity contribution in [2.24, 2.45) is 0 Å². The number of benzene rings is 2. The molecule has 2 N–H and O–H groups in total. The Morgan fingerprint density at radius 3 is 2.46 bits per heavy atom. The van der Waals surface area contributed by atoms with Crippen molar-refractivity contribution in [3.05, 3.63) is 93.0 Å². The number of halogens is 2. The summed E-state index contributed by atoms with van der Waals surface area (Å²) in [5, 5.41) is 11.3. The predicted octanol–water partition coefficient (Wildman–Crippen LogP) is 3.75. The van der Waals surface area contributed by atoms with E-state index in [-0.39, 0.29) is 22.8 Å². The highest BCUT2D eigenvalue weighted by Gasteiger charge is 2.21. The Labute approximate surface area is 197 Å². The number of hydrogen-bond acceptors (Lipinski definition) is 5. The molecule has 5 aromatic rings. The van der Waals surface area contributed by atoms with Crippen molar-refractivity contribution in [1.82, 2.24) is 29.5 Å². The van der Waals surface area contributed by atoms with Gasteiger partial charge in [0.1, 0.15) is 28.4 Å². The number of carbonyl (C=O) groups excluding carboxylic acids is 1. The Morgan fingerprint density at radius 2 is 1.74 bits per heavy atom. The lowest BCUT2D eigenvalue weighted by Gasteiger charge is -2.10. The van der Waals surface area contributed by atoms with E-state index in [1.807, 2.05) is 32.0 Å². The highest BCUT2D eigenvalue weighted by Crippen LogP contribution is 2.21. The van der Waals surface area contributed by atoms with Gasteiger partial charge in [0.25, 0.3) is 11.5 Å². The van der Waals surface area contributed by atoms with Gasteiger partial charge in [-0.05, 0) is 56.2 Å². The van der Waals surface area contributed by atoms with Crippen LogP contribution in [0.3, 0.4) is 0 Å². The summed E-state index contributed by atoms with van der Waals surface area (Å²) in [4.78, 5) is 32.6. The first kappa shape index (κ1) is 22.1. The summed E-state index contributed by atoms with van der Waals surface area (Å²) in [6, 6.07) is 10.4. The van der Waals surface area contributed by atoms with E-state index in [1.54, 1.807) is 6.92 Å². The van der Waals surface area contributed by atoms with Gasteiger partial charge in [-0.25, -0.2) is 13.5 Å². The molecule has 11 heteroatoms. The van der Waals surface area contributed by atoms with Crippen molar-refractivity contribution in [3.63, 3.8) is 0 Å². The third-order valence-electron chi connectivity index (χ3n) is 5.62. The van der Waals surface area contributed by atoms with E-state index in [1.165, 1.54) is 27.7 Å². The maximum atomic E-state index is 14.1. The average molecular weight is 475 g/mol. The number of nitrogens with one attached hydrogen (secondary N) is 2. The topological polar surface area (TPSA) is 110 Å². The van der Waals surface area contributed by atoms with E-state index in [9.17, 15) is 18.4 Å². The maximum Gasteiger partial charge on any atom is 0.263 e. The lowest BCUT2D eigenvalue weighted by Crippen LogP contribution is -2.20. The van der Waals surface area contributed by atoms with Gasteiger partial charge < -0.3 is 5.32 Å². The fourth-order valence-electron chi connectivity index (χ4n) is 3.70. The van der Waals surface area contributed by atoms with E-state index in [4.69, 9.17) is 0 Å². The number of hydrogen-bond donors (Lipinski definition) is 2. The van der Waals surface area contributed by atoms with Crippen molar-refractivity contribution in [2.75, 3.05) is 5.32 Å². The molecule has 0 bridgehead atoms. The normalized spacial score (nSPS) is 11.2. The van der Waals surface area contributed by atoms with Gasteiger partial charge in [-0.2, -0.15) is 19.9 Å². The van der Waals surface area contributed by atoms with Crippen molar-refractivity contribution < 1.29 is 13.6 Å². The fraction of sp³-hybridized carbons (Fsp3) is 0.125. The first-order valence-electron chi connectivity index (χ1n) is 10.6. The second-order valence-corrected chi connectivity index (χ2v) is 8.09. The van der Waals surface area contributed by atoms with Gasteiger partial charge in [-0.3, -0.25) is 14.6 Å². The number of fused-ring (bicyclic) bond motifs is 1. The monoisotopic (exact) mass is 475 g/mol. The van der Waals surface area contributed by atoms with Gasteiger partial charge in [0.05, 0.1) is 17.6 Å². The van der Waals surface area contributed by atoms with Crippen LogP contribution in [-0.2, 0) is 0 Å². The summed E-state index contributed by atoms with van der Waals surface area (Å²) in [5.41, 5.74) is 2.41. The van der Waals surface area contributed by atoms with Crippen LogP contribution in [0, 0.1) is 32.4 Å².